The number of carbonyl (C=O) groups excluding carboxylic acids is 1. The number of carbonyl (C=O) groups is 2. The molecule has 0 aliphatic carbocycles. The topological polar surface area (TPSA) is 121 Å². The van der Waals surface area contributed by atoms with Crippen molar-refractivity contribution in [1.29, 1.82) is 0 Å². The third-order valence-corrected chi connectivity index (χ3v) is 5.61. The van der Waals surface area contributed by atoms with Gasteiger partial charge in [-0.25, -0.2) is 14.8 Å². The Kier molecular flexibility index (Phi) is 5.06. The van der Waals surface area contributed by atoms with Gasteiger partial charge in [0.2, 0.25) is 0 Å². The summed E-state index contributed by atoms with van der Waals surface area (Å²) >= 11 is 3.48. The number of nitrogens with zero attached hydrogens (tertiary/aromatic N) is 3. The van der Waals surface area contributed by atoms with Gasteiger partial charge in [-0.05, 0) is 29.8 Å². The van der Waals surface area contributed by atoms with Gasteiger partial charge < -0.3 is 21.1 Å². The van der Waals surface area contributed by atoms with E-state index in [4.69, 9.17) is 5.73 Å². The molecule has 148 valence electrons. The largest absolute Gasteiger partial charge is 0.465 e. The summed E-state index contributed by atoms with van der Waals surface area (Å²) in [6.07, 6.45) is 0.410. The quantitative estimate of drug-likeness (QED) is 0.555. The molecule has 1 aliphatic rings. The van der Waals surface area contributed by atoms with E-state index in [0.29, 0.717) is 35.4 Å². The number of anilines is 1. The summed E-state index contributed by atoms with van der Waals surface area (Å²) in [6.45, 7) is 0.687. The summed E-state index contributed by atoms with van der Waals surface area (Å²) < 4.78 is 0.932. The zero-order chi connectivity index (χ0) is 20.5. The molecule has 1 aromatic heterocycles. The normalized spacial score (nSPS) is 18.7. The number of nitrogens with one attached hydrogen (secondary N) is 1. The lowest BCUT2D eigenvalue weighted by Crippen LogP contribution is -2.31. The van der Waals surface area contributed by atoms with Crippen molar-refractivity contribution < 1.29 is 14.7 Å². The number of fused-ring (bicyclic) bond motifs is 1. The van der Waals surface area contributed by atoms with Crippen molar-refractivity contribution in [3.8, 4) is 0 Å². The summed E-state index contributed by atoms with van der Waals surface area (Å²) in [7, 11) is 0. The number of amides is 2. The van der Waals surface area contributed by atoms with Gasteiger partial charge in [0.25, 0.3) is 5.91 Å². The van der Waals surface area contributed by atoms with Crippen molar-refractivity contribution in [3.05, 3.63) is 64.4 Å². The van der Waals surface area contributed by atoms with Crippen LogP contribution in [0.2, 0.25) is 0 Å². The molecule has 29 heavy (non-hydrogen) atoms. The van der Waals surface area contributed by atoms with Gasteiger partial charge in [-0.15, -0.1) is 0 Å². The highest BCUT2D eigenvalue weighted by Crippen LogP contribution is 2.32. The minimum atomic E-state index is -0.960. The van der Waals surface area contributed by atoms with E-state index in [1.54, 1.807) is 12.1 Å². The van der Waals surface area contributed by atoms with Crippen LogP contribution in [-0.2, 0) is 0 Å². The van der Waals surface area contributed by atoms with Crippen molar-refractivity contribution in [2.45, 2.75) is 12.0 Å². The molecule has 0 spiro atoms. The van der Waals surface area contributed by atoms with Crippen LogP contribution in [0.25, 0.3) is 10.9 Å². The van der Waals surface area contributed by atoms with Crippen LogP contribution in [0.15, 0.2) is 53.3 Å². The maximum Gasteiger partial charge on any atom is 0.407 e. The van der Waals surface area contributed by atoms with Crippen LogP contribution in [-0.4, -0.2) is 51.1 Å². The average molecular weight is 456 g/mol. The summed E-state index contributed by atoms with van der Waals surface area (Å²) in [4.78, 5) is 33.2. The predicted octanol–water partition coefficient (Wildman–Crippen LogP) is 3.05. The van der Waals surface area contributed by atoms with Gasteiger partial charge in [0.05, 0.1) is 17.1 Å². The van der Waals surface area contributed by atoms with Crippen molar-refractivity contribution in [2.75, 3.05) is 18.4 Å². The first kappa shape index (κ1) is 19.1. The minimum Gasteiger partial charge on any atom is -0.465 e. The molecular weight excluding hydrogens is 438 g/mol. The van der Waals surface area contributed by atoms with Gasteiger partial charge in [0.1, 0.15) is 12.1 Å². The maximum absolute atomic E-state index is 11.7. The molecule has 2 atom stereocenters. The van der Waals surface area contributed by atoms with Crippen LogP contribution in [0.1, 0.15) is 21.8 Å². The monoisotopic (exact) mass is 455 g/mol. The maximum atomic E-state index is 11.7. The second-order valence-electron chi connectivity index (χ2n) is 6.89. The fourth-order valence-corrected chi connectivity index (χ4v) is 4.18. The van der Waals surface area contributed by atoms with E-state index >= 15 is 0 Å². The highest BCUT2D eigenvalue weighted by atomic mass is 79.9. The lowest BCUT2D eigenvalue weighted by molar-refractivity contribution is 0.100. The molecule has 1 fully saturated rings. The lowest BCUT2D eigenvalue weighted by Gasteiger charge is -2.21. The van der Waals surface area contributed by atoms with Gasteiger partial charge >= 0.3 is 6.09 Å². The van der Waals surface area contributed by atoms with Gasteiger partial charge in [-0.3, -0.25) is 4.79 Å². The summed E-state index contributed by atoms with van der Waals surface area (Å²) in [5.74, 6) is -0.0894. The number of hydrogen-bond acceptors (Lipinski definition) is 5. The molecule has 9 heteroatoms. The van der Waals surface area contributed by atoms with E-state index in [-0.39, 0.29) is 12.0 Å². The van der Waals surface area contributed by atoms with Gasteiger partial charge in [-0.1, -0.05) is 34.1 Å². The Morgan fingerprint density at radius 1 is 1.17 bits per heavy atom. The SMILES string of the molecule is NC(=O)c1cccc2c(NC3CN(C(=O)O)CC3c3cccc(Br)c3)ncnc12. The van der Waals surface area contributed by atoms with Gasteiger partial charge in [0, 0.05) is 28.9 Å². The number of rotatable bonds is 4. The third kappa shape index (κ3) is 3.73. The highest BCUT2D eigenvalue weighted by molar-refractivity contribution is 9.10. The number of nitrogens with two attached hydrogens (primary N) is 1. The van der Waals surface area contributed by atoms with Crippen molar-refractivity contribution in [2.24, 2.45) is 5.73 Å². The Morgan fingerprint density at radius 2 is 1.97 bits per heavy atom. The van der Waals surface area contributed by atoms with Crippen molar-refractivity contribution in [3.63, 3.8) is 0 Å². The van der Waals surface area contributed by atoms with Crippen LogP contribution < -0.4 is 11.1 Å². The number of benzene rings is 2. The first-order valence-corrected chi connectivity index (χ1v) is 9.76. The zero-order valence-electron chi connectivity index (χ0n) is 15.2. The predicted molar refractivity (Wildman–Crippen MR) is 112 cm³/mol. The molecule has 3 aromatic rings. The summed E-state index contributed by atoms with van der Waals surface area (Å²) in [5.41, 5.74) is 7.26. The zero-order valence-corrected chi connectivity index (χ0v) is 16.8. The number of carboxylic acid groups (broad SMARTS) is 1. The molecule has 1 saturated heterocycles. The first-order chi connectivity index (χ1) is 13.9. The summed E-state index contributed by atoms with van der Waals surface area (Å²) in [5, 5.41) is 13.5. The van der Waals surface area contributed by atoms with E-state index in [0.717, 1.165) is 10.0 Å². The molecule has 2 heterocycles. The first-order valence-electron chi connectivity index (χ1n) is 8.97. The van der Waals surface area contributed by atoms with E-state index < -0.39 is 12.0 Å². The Hall–Kier alpha value is -3.20. The second kappa shape index (κ2) is 7.67. The van der Waals surface area contributed by atoms with Crippen molar-refractivity contribution >= 4 is 44.7 Å². The van der Waals surface area contributed by atoms with E-state index in [1.807, 2.05) is 30.3 Å². The number of aromatic nitrogens is 2. The molecule has 4 N–H and O–H groups in total. The average Bonchev–Trinajstić information content (AvgIpc) is 3.12. The van der Waals surface area contributed by atoms with Gasteiger partial charge in [0.15, 0.2) is 0 Å². The fourth-order valence-electron chi connectivity index (χ4n) is 3.76. The number of primary amides is 1. The molecule has 0 saturated carbocycles. The Labute approximate surface area is 174 Å². The smallest absolute Gasteiger partial charge is 0.407 e. The number of para-hydroxylation sites is 1. The van der Waals surface area contributed by atoms with Gasteiger partial charge in [-0.2, -0.15) is 0 Å². The molecular formula is C20H18BrN5O3. The molecule has 0 radical (unpaired) electrons. The Bertz CT molecular complexity index is 1110. The Morgan fingerprint density at radius 3 is 2.69 bits per heavy atom. The number of likely N-dealkylation sites (tertiary alicyclic amines) is 1. The molecule has 0 bridgehead atoms. The van der Waals surface area contributed by atoms with E-state index in [1.165, 1.54) is 11.2 Å². The standard InChI is InChI=1S/C20H18BrN5O3/c21-12-4-1-3-11(7-12)15-8-26(20(28)29)9-16(15)25-19-14-6-2-5-13(18(22)27)17(14)23-10-24-19/h1-7,10,15-16H,8-9H2,(H2,22,27)(H,28,29)(H,23,24,25). The number of hydrogen-bond donors (Lipinski definition) is 3. The molecule has 2 amide bonds. The number of halogens is 1. The van der Waals surface area contributed by atoms with Crippen LogP contribution in [0.4, 0.5) is 10.6 Å². The fraction of sp³-hybridized carbons (Fsp3) is 0.200. The third-order valence-electron chi connectivity index (χ3n) is 5.12. The molecule has 2 unspecified atom stereocenters. The molecule has 4 rings (SSSR count). The molecule has 2 aromatic carbocycles. The van der Waals surface area contributed by atoms with Crippen LogP contribution in [0.3, 0.4) is 0 Å². The van der Waals surface area contributed by atoms with Crippen molar-refractivity contribution in [1.82, 2.24) is 14.9 Å². The van der Waals surface area contributed by atoms with Crippen LogP contribution >= 0.6 is 15.9 Å². The second-order valence-corrected chi connectivity index (χ2v) is 7.80. The van der Waals surface area contributed by atoms with Crippen LogP contribution in [0.5, 0.6) is 0 Å². The highest BCUT2D eigenvalue weighted by Gasteiger charge is 2.36. The lowest BCUT2D eigenvalue weighted by atomic mass is 9.94. The molecule has 8 nitrogen and oxygen atoms in total. The summed E-state index contributed by atoms with van der Waals surface area (Å²) in [6, 6.07) is 12.8. The minimum absolute atomic E-state index is 0.0621. The van der Waals surface area contributed by atoms with E-state index in [2.05, 4.69) is 31.2 Å². The molecule has 1 aliphatic heterocycles. The van der Waals surface area contributed by atoms with Crippen LogP contribution in [0, 0.1) is 0 Å². The van der Waals surface area contributed by atoms with E-state index in [9.17, 15) is 14.7 Å². The Balaban J connectivity index is 1.72.